The van der Waals surface area contributed by atoms with Gasteiger partial charge in [-0.15, -0.1) is 0 Å². The van der Waals surface area contributed by atoms with E-state index < -0.39 is 0 Å². The minimum atomic E-state index is -0.118. The van der Waals surface area contributed by atoms with Crippen molar-refractivity contribution in [2.45, 2.75) is 26.4 Å². The second-order valence-electron chi connectivity index (χ2n) is 4.30. The fraction of sp³-hybridized carbons (Fsp3) is 0.267. The summed E-state index contributed by atoms with van der Waals surface area (Å²) in [5, 5.41) is 11.8. The Morgan fingerprint density at radius 2 is 2.16 bits per heavy atom. The van der Waals surface area contributed by atoms with Crippen molar-refractivity contribution >= 4 is 11.6 Å². The van der Waals surface area contributed by atoms with E-state index in [-0.39, 0.29) is 12.5 Å². The van der Waals surface area contributed by atoms with Crippen molar-refractivity contribution in [2.24, 2.45) is 0 Å². The zero-order valence-electron chi connectivity index (χ0n) is 10.8. The maximum absolute atomic E-state index is 11.5. The van der Waals surface area contributed by atoms with Crippen molar-refractivity contribution in [3.05, 3.63) is 42.2 Å². The summed E-state index contributed by atoms with van der Waals surface area (Å²) in [5.41, 5.74) is 1.62. The van der Waals surface area contributed by atoms with Gasteiger partial charge in [-0.05, 0) is 30.7 Å². The molecule has 0 aliphatic heterocycles. The molecule has 100 valence electrons. The zero-order chi connectivity index (χ0) is 13.7. The Hall–Kier alpha value is -2.07. The quantitative estimate of drug-likeness (QED) is 0.866. The molecule has 0 atom stereocenters. The van der Waals surface area contributed by atoms with Gasteiger partial charge in [0.2, 0.25) is 5.91 Å². The molecule has 1 aromatic heterocycles. The highest BCUT2D eigenvalue weighted by molar-refractivity contribution is 5.91. The third-order valence-corrected chi connectivity index (χ3v) is 2.73. The van der Waals surface area contributed by atoms with Crippen LogP contribution in [0.2, 0.25) is 0 Å². The second kappa shape index (κ2) is 6.20. The average molecular weight is 259 g/mol. The molecule has 0 spiro atoms. The van der Waals surface area contributed by atoms with Gasteiger partial charge in [-0.2, -0.15) is 0 Å². The van der Waals surface area contributed by atoms with Gasteiger partial charge in [-0.1, -0.05) is 19.1 Å². The summed E-state index contributed by atoms with van der Waals surface area (Å²) >= 11 is 0. The Bertz CT molecular complexity index is 560. The lowest BCUT2D eigenvalue weighted by molar-refractivity contribution is -0.116. The summed E-state index contributed by atoms with van der Waals surface area (Å²) in [6, 6.07) is 11.0. The smallest absolute Gasteiger partial charge is 0.224 e. The Morgan fingerprint density at radius 3 is 2.84 bits per heavy atom. The molecular weight excluding hydrogens is 242 g/mol. The Labute approximate surface area is 112 Å². The maximum Gasteiger partial charge on any atom is 0.224 e. The van der Waals surface area contributed by atoms with Crippen LogP contribution in [0.4, 0.5) is 5.69 Å². The minimum absolute atomic E-state index is 0.00939. The highest BCUT2D eigenvalue weighted by Crippen LogP contribution is 2.25. The Morgan fingerprint density at radius 1 is 1.32 bits per heavy atom. The Balaban J connectivity index is 2.16. The van der Waals surface area contributed by atoms with Crippen LogP contribution in [0.3, 0.4) is 0 Å². The number of carbonyl (C=O) groups excluding carboxylic acids is 1. The molecule has 2 aromatic rings. The third-order valence-electron chi connectivity index (χ3n) is 2.73. The van der Waals surface area contributed by atoms with Gasteiger partial charge in [0.1, 0.15) is 18.1 Å². The molecule has 0 fully saturated rings. The number of hydrogen-bond acceptors (Lipinski definition) is 3. The van der Waals surface area contributed by atoms with Crippen LogP contribution in [0.1, 0.15) is 25.5 Å². The molecule has 0 aliphatic carbocycles. The van der Waals surface area contributed by atoms with Crippen LogP contribution >= 0.6 is 0 Å². The standard InChI is InChI=1S/C15H17NO3/c1-2-4-15(18)16-12-6-3-5-11(9-12)14-8-7-13(10-17)19-14/h3,5-9,17H,2,4,10H2,1H3,(H,16,18). The minimum Gasteiger partial charge on any atom is -0.459 e. The normalized spacial score (nSPS) is 10.4. The molecule has 4 heteroatoms. The van der Waals surface area contributed by atoms with Gasteiger partial charge < -0.3 is 14.8 Å². The first-order valence-corrected chi connectivity index (χ1v) is 6.32. The maximum atomic E-state index is 11.5. The lowest BCUT2D eigenvalue weighted by atomic mass is 10.1. The molecule has 0 radical (unpaired) electrons. The highest BCUT2D eigenvalue weighted by atomic mass is 16.4. The van der Waals surface area contributed by atoms with Crippen molar-refractivity contribution in [2.75, 3.05) is 5.32 Å². The third kappa shape index (κ3) is 3.45. The summed E-state index contributed by atoms with van der Waals surface area (Å²) in [6.07, 6.45) is 1.34. The van der Waals surface area contributed by atoms with Crippen LogP contribution < -0.4 is 5.32 Å². The first-order valence-electron chi connectivity index (χ1n) is 6.32. The SMILES string of the molecule is CCCC(=O)Nc1cccc(-c2ccc(CO)o2)c1. The van der Waals surface area contributed by atoms with E-state index in [9.17, 15) is 4.79 Å². The van der Waals surface area contributed by atoms with Crippen LogP contribution in [0.25, 0.3) is 11.3 Å². The van der Waals surface area contributed by atoms with Crippen LogP contribution in [0.5, 0.6) is 0 Å². The topological polar surface area (TPSA) is 62.5 Å². The molecule has 1 amide bonds. The van der Waals surface area contributed by atoms with E-state index in [1.807, 2.05) is 31.2 Å². The molecule has 4 nitrogen and oxygen atoms in total. The molecule has 0 unspecified atom stereocenters. The lowest BCUT2D eigenvalue weighted by Gasteiger charge is -2.05. The summed E-state index contributed by atoms with van der Waals surface area (Å²) in [4.78, 5) is 11.5. The van der Waals surface area contributed by atoms with Crippen LogP contribution in [-0.4, -0.2) is 11.0 Å². The predicted octanol–water partition coefficient (Wildman–Crippen LogP) is 3.18. The van der Waals surface area contributed by atoms with E-state index in [2.05, 4.69) is 5.32 Å². The van der Waals surface area contributed by atoms with Crippen molar-refractivity contribution in [3.8, 4) is 11.3 Å². The van der Waals surface area contributed by atoms with Crippen molar-refractivity contribution in [3.63, 3.8) is 0 Å². The van der Waals surface area contributed by atoms with Gasteiger partial charge in [-0.25, -0.2) is 0 Å². The molecule has 0 bridgehead atoms. The van der Waals surface area contributed by atoms with Crippen molar-refractivity contribution in [1.29, 1.82) is 0 Å². The Kier molecular flexibility index (Phi) is 4.36. The van der Waals surface area contributed by atoms with Gasteiger partial charge in [0.05, 0.1) is 0 Å². The summed E-state index contributed by atoms with van der Waals surface area (Å²) in [7, 11) is 0. The number of anilines is 1. The van der Waals surface area contributed by atoms with E-state index in [1.165, 1.54) is 0 Å². The second-order valence-corrected chi connectivity index (χ2v) is 4.30. The lowest BCUT2D eigenvalue weighted by Crippen LogP contribution is -2.10. The molecule has 2 rings (SSSR count). The molecular formula is C15H17NO3. The van der Waals surface area contributed by atoms with Crippen LogP contribution in [-0.2, 0) is 11.4 Å². The van der Waals surface area contributed by atoms with Gasteiger partial charge in [0.25, 0.3) is 0 Å². The van der Waals surface area contributed by atoms with Crippen LogP contribution in [0, 0.1) is 0 Å². The van der Waals surface area contributed by atoms with E-state index in [0.29, 0.717) is 17.9 Å². The van der Waals surface area contributed by atoms with E-state index >= 15 is 0 Å². The first kappa shape index (κ1) is 13.4. The molecule has 0 aliphatic rings. The molecule has 0 saturated heterocycles. The number of aliphatic hydroxyl groups is 1. The van der Waals surface area contributed by atoms with Gasteiger partial charge in [0, 0.05) is 17.7 Å². The fourth-order valence-electron chi connectivity index (χ4n) is 1.82. The summed E-state index contributed by atoms with van der Waals surface area (Å²) in [5.74, 6) is 1.21. The number of hydrogen-bond donors (Lipinski definition) is 2. The predicted molar refractivity (Wildman–Crippen MR) is 73.6 cm³/mol. The van der Waals surface area contributed by atoms with Crippen molar-refractivity contribution < 1.29 is 14.3 Å². The first-order chi connectivity index (χ1) is 9.22. The van der Waals surface area contributed by atoms with Gasteiger partial charge in [0.15, 0.2) is 0 Å². The number of furan rings is 1. The molecule has 2 N–H and O–H groups in total. The number of rotatable bonds is 5. The largest absolute Gasteiger partial charge is 0.459 e. The molecule has 1 aromatic carbocycles. The highest BCUT2D eigenvalue weighted by Gasteiger charge is 2.06. The van der Waals surface area contributed by atoms with E-state index in [1.54, 1.807) is 12.1 Å². The molecule has 1 heterocycles. The van der Waals surface area contributed by atoms with Crippen molar-refractivity contribution in [1.82, 2.24) is 0 Å². The van der Waals surface area contributed by atoms with E-state index in [4.69, 9.17) is 9.52 Å². The van der Waals surface area contributed by atoms with Gasteiger partial charge in [-0.3, -0.25) is 4.79 Å². The monoisotopic (exact) mass is 259 g/mol. The molecule has 19 heavy (non-hydrogen) atoms. The van der Waals surface area contributed by atoms with E-state index in [0.717, 1.165) is 17.7 Å². The summed E-state index contributed by atoms with van der Waals surface area (Å²) in [6.45, 7) is 1.85. The summed E-state index contributed by atoms with van der Waals surface area (Å²) < 4.78 is 5.46. The molecule has 0 saturated carbocycles. The number of benzene rings is 1. The van der Waals surface area contributed by atoms with Crippen LogP contribution in [0.15, 0.2) is 40.8 Å². The number of nitrogens with one attached hydrogen (secondary N) is 1. The fourth-order valence-corrected chi connectivity index (χ4v) is 1.82. The average Bonchev–Trinajstić information content (AvgIpc) is 2.88. The zero-order valence-corrected chi connectivity index (χ0v) is 10.8. The van der Waals surface area contributed by atoms with Gasteiger partial charge >= 0.3 is 0 Å². The number of aliphatic hydroxyl groups excluding tert-OH is 1. The number of amides is 1. The number of carbonyl (C=O) groups is 1.